The van der Waals surface area contributed by atoms with Crippen LogP contribution < -0.4 is 0 Å². The highest BCUT2D eigenvalue weighted by Crippen LogP contribution is 2.46. The molecule has 10 heteroatoms. The van der Waals surface area contributed by atoms with Gasteiger partial charge in [-0.05, 0) is 63.1 Å². The summed E-state index contributed by atoms with van der Waals surface area (Å²) in [5.41, 5.74) is 2.32. The number of aliphatic hydroxyl groups is 1. The number of benzene rings is 2. The Balaban J connectivity index is 1.17. The standard InChI is InChI=1S/C28H26ClFN2O5S/c1-14-3-2-4-19(29)23(14)24-18(25(37-32-24)15-5-6-15)13-36-16-7-9-28(35,10-8-16)27-31-21-12-20(30)17(26(33)34)11-22(21)38-27/h2-4,11-12,15-16,35H,5-10,13H2,1H3,(H,33,34)/t16-,28+. The molecular weight excluding hydrogens is 531 g/mol. The third-order valence-corrected chi connectivity index (χ3v) is 9.08. The molecule has 198 valence electrons. The van der Waals surface area contributed by atoms with Crippen molar-refractivity contribution < 1.29 is 28.7 Å². The zero-order valence-electron chi connectivity index (χ0n) is 20.7. The van der Waals surface area contributed by atoms with E-state index in [1.54, 1.807) is 0 Å². The molecule has 2 aromatic carbocycles. The molecule has 0 spiro atoms. The van der Waals surface area contributed by atoms with Gasteiger partial charge in [0.2, 0.25) is 0 Å². The van der Waals surface area contributed by atoms with E-state index in [1.807, 2.05) is 25.1 Å². The largest absolute Gasteiger partial charge is 0.478 e. The van der Waals surface area contributed by atoms with E-state index in [2.05, 4.69) is 10.1 Å². The average Bonchev–Trinajstić information content (AvgIpc) is 3.50. The summed E-state index contributed by atoms with van der Waals surface area (Å²) in [5.74, 6) is -0.938. The number of aromatic nitrogens is 2. The molecule has 2 N–H and O–H groups in total. The molecule has 0 unspecified atom stereocenters. The molecule has 0 saturated heterocycles. The Bertz CT molecular complexity index is 1520. The summed E-state index contributed by atoms with van der Waals surface area (Å²) in [7, 11) is 0. The van der Waals surface area contributed by atoms with Crippen molar-refractivity contribution in [1.82, 2.24) is 10.1 Å². The highest BCUT2D eigenvalue weighted by Gasteiger charge is 2.39. The smallest absolute Gasteiger partial charge is 0.338 e. The Kier molecular flexibility index (Phi) is 6.50. The van der Waals surface area contributed by atoms with Crippen molar-refractivity contribution >= 4 is 39.1 Å². The van der Waals surface area contributed by atoms with Gasteiger partial charge < -0.3 is 19.5 Å². The number of aryl methyl sites for hydroxylation is 1. The highest BCUT2D eigenvalue weighted by atomic mass is 35.5. The number of aromatic carboxylic acids is 1. The van der Waals surface area contributed by atoms with Gasteiger partial charge in [0.1, 0.15) is 27.9 Å². The van der Waals surface area contributed by atoms with E-state index in [0.717, 1.165) is 47.1 Å². The molecule has 38 heavy (non-hydrogen) atoms. The van der Waals surface area contributed by atoms with Gasteiger partial charge in [-0.1, -0.05) is 28.9 Å². The van der Waals surface area contributed by atoms with E-state index < -0.39 is 23.0 Å². The number of carbonyl (C=O) groups is 1. The van der Waals surface area contributed by atoms with Crippen LogP contribution in [0, 0.1) is 12.7 Å². The molecule has 6 rings (SSSR count). The molecule has 0 radical (unpaired) electrons. The minimum absolute atomic E-state index is 0.0668. The van der Waals surface area contributed by atoms with Crippen molar-refractivity contribution in [3.63, 3.8) is 0 Å². The van der Waals surface area contributed by atoms with E-state index in [-0.39, 0.29) is 6.10 Å². The van der Waals surface area contributed by atoms with Gasteiger partial charge in [-0.15, -0.1) is 11.3 Å². The van der Waals surface area contributed by atoms with Crippen LogP contribution >= 0.6 is 22.9 Å². The zero-order valence-corrected chi connectivity index (χ0v) is 22.2. The lowest BCUT2D eigenvalue weighted by molar-refractivity contribution is -0.0640. The minimum Gasteiger partial charge on any atom is -0.478 e. The van der Waals surface area contributed by atoms with E-state index in [1.165, 1.54) is 17.4 Å². The first-order valence-electron chi connectivity index (χ1n) is 12.7. The second kappa shape index (κ2) is 9.72. The molecule has 2 aromatic heterocycles. The van der Waals surface area contributed by atoms with Crippen molar-refractivity contribution in [2.24, 2.45) is 0 Å². The molecule has 0 aliphatic heterocycles. The summed E-state index contributed by atoms with van der Waals surface area (Å²) < 4.78 is 26.8. The Morgan fingerprint density at radius 1 is 1.26 bits per heavy atom. The normalized spacial score (nSPS) is 21.7. The second-order valence-corrected chi connectivity index (χ2v) is 11.7. The Morgan fingerprint density at radius 3 is 2.71 bits per heavy atom. The van der Waals surface area contributed by atoms with E-state index >= 15 is 0 Å². The number of fused-ring (bicyclic) bond motifs is 1. The molecule has 4 aromatic rings. The quantitative estimate of drug-likeness (QED) is 0.253. The van der Waals surface area contributed by atoms with Gasteiger partial charge in [-0.2, -0.15) is 0 Å². The van der Waals surface area contributed by atoms with Gasteiger partial charge in [0, 0.05) is 23.1 Å². The second-order valence-electron chi connectivity index (χ2n) is 10.2. The number of ether oxygens (including phenoxy) is 1. The van der Waals surface area contributed by atoms with Gasteiger partial charge in [-0.25, -0.2) is 14.2 Å². The molecule has 2 aliphatic carbocycles. The lowest BCUT2D eigenvalue weighted by Crippen LogP contribution is -2.34. The lowest BCUT2D eigenvalue weighted by Gasteiger charge is -2.34. The van der Waals surface area contributed by atoms with E-state index in [9.17, 15) is 19.4 Å². The summed E-state index contributed by atoms with van der Waals surface area (Å²) in [6.07, 6.45) is 4.17. The Morgan fingerprint density at radius 2 is 2.03 bits per heavy atom. The van der Waals surface area contributed by atoms with Crippen LogP contribution in [0.25, 0.3) is 21.5 Å². The fraction of sp³-hybridized carbons (Fsp3) is 0.393. The summed E-state index contributed by atoms with van der Waals surface area (Å²) in [4.78, 5) is 15.7. The number of carboxylic acid groups (broad SMARTS) is 1. The number of hydrogen-bond acceptors (Lipinski definition) is 7. The fourth-order valence-electron chi connectivity index (χ4n) is 5.22. The number of rotatable bonds is 7. The van der Waals surface area contributed by atoms with Crippen LogP contribution in [-0.4, -0.2) is 32.4 Å². The maximum atomic E-state index is 14.1. The predicted molar refractivity (Wildman–Crippen MR) is 141 cm³/mol. The molecule has 2 heterocycles. The molecule has 2 fully saturated rings. The van der Waals surface area contributed by atoms with Crippen molar-refractivity contribution in [2.45, 2.75) is 69.7 Å². The first kappa shape index (κ1) is 25.4. The topological polar surface area (TPSA) is 106 Å². The van der Waals surface area contributed by atoms with Gasteiger partial charge in [-0.3, -0.25) is 0 Å². The van der Waals surface area contributed by atoms with Gasteiger partial charge in [0.25, 0.3) is 0 Å². The number of nitrogens with zero attached hydrogens (tertiary/aromatic N) is 2. The predicted octanol–water partition coefficient (Wildman–Crippen LogP) is 6.97. The summed E-state index contributed by atoms with van der Waals surface area (Å²) in [6, 6.07) is 8.15. The zero-order chi connectivity index (χ0) is 26.6. The number of carboxylic acids is 1. The Labute approximate surface area is 227 Å². The van der Waals surface area contributed by atoms with Gasteiger partial charge in [0.15, 0.2) is 0 Å². The molecule has 2 aliphatic rings. The summed E-state index contributed by atoms with van der Waals surface area (Å²) in [6.45, 7) is 2.34. The van der Waals surface area contributed by atoms with E-state index in [0.29, 0.717) is 58.5 Å². The minimum atomic E-state index is -1.33. The Hall–Kier alpha value is -2.85. The van der Waals surface area contributed by atoms with Gasteiger partial charge >= 0.3 is 5.97 Å². The first-order chi connectivity index (χ1) is 18.2. The van der Waals surface area contributed by atoms with Gasteiger partial charge in [0.05, 0.1) is 33.5 Å². The molecular formula is C28H26ClFN2O5S. The maximum absolute atomic E-state index is 14.1. The number of hydrogen-bond donors (Lipinski definition) is 2. The molecule has 2 saturated carbocycles. The van der Waals surface area contributed by atoms with Crippen LogP contribution in [0.1, 0.15) is 76.7 Å². The first-order valence-corrected chi connectivity index (χ1v) is 13.8. The van der Waals surface area contributed by atoms with E-state index in [4.69, 9.17) is 20.9 Å². The van der Waals surface area contributed by atoms with Crippen LogP contribution in [0.15, 0.2) is 34.9 Å². The van der Waals surface area contributed by atoms with Crippen LogP contribution in [0.5, 0.6) is 0 Å². The lowest BCUT2D eigenvalue weighted by atomic mass is 9.83. The molecule has 0 amide bonds. The van der Waals surface area contributed by atoms with Crippen LogP contribution in [0.4, 0.5) is 4.39 Å². The maximum Gasteiger partial charge on any atom is 0.338 e. The van der Waals surface area contributed by atoms with Crippen LogP contribution in [0.3, 0.4) is 0 Å². The summed E-state index contributed by atoms with van der Waals surface area (Å²) in [5, 5.41) is 26.1. The van der Waals surface area contributed by atoms with Crippen LogP contribution in [0.2, 0.25) is 5.02 Å². The van der Waals surface area contributed by atoms with Crippen LogP contribution in [-0.2, 0) is 16.9 Å². The molecule has 7 nitrogen and oxygen atoms in total. The monoisotopic (exact) mass is 556 g/mol. The highest BCUT2D eigenvalue weighted by molar-refractivity contribution is 7.18. The molecule has 0 bridgehead atoms. The molecule has 0 atom stereocenters. The number of halogens is 2. The van der Waals surface area contributed by atoms with Crippen molar-refractivity contribution in [2.75, 3.05) is 0 Å². The summed E-state index contributed by atoms with van der Waals surface area (Å²) >= 11 is 7.74. The SMILES string of the molecule is Cc1cccc(Cl)c1-c1noc(C2CC2)c1CO[C@H]1CC[C@](O)(c2nc3cc(F)c(C(=O)O)cc3s2)CC1. The van der Waals surface area contributed by atoms with Crippen molar-refractivity contribution in [3.05, 3.63) is 68.6 Å². The fourth-order valence-corrected chi connectivity index (χ4v) is 6.66. The third kappa shape index (κ3) is 4.62. The third-order valence-electron chi connectivity index (χ3n) is 7.55. The average molecular weight is 557 g/mol. The van der Waals surface area contributed by atoms with Crippen molar-refractivity contribution in [1.29, 1.82) is 0 Å². The number of thiazole rings is 1. The van der Waals surface area contributed by atoms with Crippen molar-refractivity contribution in [3.8, 4) is 11.3 Å².